The minimum Gasteiger partial charge on any atom is -0.494 e. The van der Waals surface area contributed by atoms with Gasteiger partial charge in [-0.2, -0.15) is 0 Å². The lowest BCUT2D eigenvalue weighted by Crippen LogP contribution is -2.42. The van der Waals surface area contributed by atoms with Gasteiger partial charge in [0.15, 0.2) is 0 Å². The van der Waals surface area contributed by atoms with Crippen LogP contribution in [0, 0.1) is 0 Å². The molecule has 0 bridgehead atoms. The van der Waals surface area contributed by atoms with Crippen molar-refractivity contribution in [2.45, 2.75) is 57.9 Å². The summed E-state index contributed by atoms with van der Waals surface area (Å²) in [6.45, 7) is 2.82. The van der Waals surface area contributed by atoms with Gasteiger partial charge in [-0.15, -0.1) is 11.3 Å². The maximum Gasteiger partial charge on any atom is 0.343 e. The molecule has 1 atom stereocenters. The van der Waals surface area contributed by atoms with Gasteiger partial charge in [0.2, 0.25) is 5.91 Å². The van der Waals surface area contributed by atoms with Crippen molar-refractivity contribution >= 4 is 40.8 Å². The van der Waals surface area contributed by atoms with E-state index in [1.165, 1.54) is 42.7 Å². The fraction of sp³-hybridized carbons (Fsp3) is 0.278. The summed E-state index contributed by atoms with van der Waals surface area (Å²) >= 11 is 1.50. The molecular weight excluding hydrogens is 604 g/mol. The quantitative estimate of drug-likeness (QED) is 0.0647. The molecule has 0 spiro atoms. The third kappa shape index (κ3) is 10.9. The Morgan fingerprint density at radius 3 is 2.13 bits per heavy atom. The van der Waals surface area contributed by atoms with Crippen LogP contribution in [0.4, 0.5) is 5.69 Å². The number of thiophene rings is 1. The van der Waals surface area contributed by atoms with E-state index in [0.29, 0.717) is 34.9 Å². The maximum atomic E-state index is 12.8. The second kappa shape index (κ2) is 17.5. The molecule has 0 unspecified atom stereocenters. The van der Waals surface area contributed by atoms with E-state index in [1.807, 2.05) is 17.5 Å². The lowest BCUT2D eigenvalue weighted by molar-refractivity contribution is -0.139. The van der Waals surface area contributed by atoms with Crippen LogP contribution in [0.1, 0.15) is 70.2 Å². The molecule has 0 aliphatic carbocycles. The van der Waals surface area contributed by atoms with Gasteiger partial charge in [-0.3, -0.25) is 9.59 Å². The number of carboxylic acids is 1. The van der Waals surface area contributed by atoms with E-state index in [4.69, 9.17) is 9.47 Å². The van der Waals surface area contributed by atoms with Crippen LogP contribution >= 0.6 is 11.3 Å². The Kier molecular flexibility index (Phi) is 12.9. The van der Waals surface area contributed by atoms with Gasteiger partial charge >= 0.3 is 11.9 Å². The summed E-state index contributed by atoms with van der Waals surface area (Å²) in [5.74, 6) is -1.44. The molecule has 0 saturated heterocycles. The highest BCUT2D eigenvalue weighted by Gasteiger charge is 2.21. The fourth-order valence-electron chi connectivity index (χ4n) is 4.60. The summed E-state index contributed by atoms with van der Waals surface area (Å²) in [7, 11) is 0. The predicted molar refractivity (Wildman–Crippen MR) is 178 cm³/mol. The fourth-order valence-corrected chi connectivity index (χ4v) is 5.30. The zero-order valence-electron chi connectivity index (χ0n) is 25.7. The summed E-state index contributed by atoms with van der Waals surface area (Å²) in [5, 5.41) is 17.0. The normalized spacial score (nSPS) is 11.3. The standard InChI is InChI=1S/C36H38N2O7S/c1-2-3-4-5-6-21-44-29-19-13-27(14-20-29)36(43)45-30-17-9-25(10-18-30)23-32(35(41)42)38-34(40)26-11-15-28(16-12-26)37-33(39)24-31-8-7-22-46-31/h7-20,22,32H,2-6,21,23-24H2,1H3,(H,37,39)(H,38,40)(H,41,42)/t32-/m0/s1. The largest absolute Gasteiger partial charge is 0.494 e. The van der Waals surface area contributed by atoms with Crippen molar-refractivity contribution in [1.82, 2.24) is 5.32 Å². The Balaban J connectivity index is 1.24. The molecule has 0 saturated carbocycles. The summed E-state index contributed by atoms with van der Waals surface area (Å²) < 4.78 is 11.2. The minimum absolute atomic E-state index is 0.0201. The van der Waals surface area contributed by atoms with Gasteiger partial charge in [-0.1, -0.05) is 50.8 Å². The second-order valence-electron chi connectivity index (χ2n) is 10.8. The van der Waals surface area contributed by atoms with Gasteiger partial charge in [0.05, 0.1) is 18.6 Å². The molecule has 0 aliphatic rings. The molecule has 0 radical (unpaired) electrons. The third-order valence-electron chi connectivity index (χ3n) is 7.13. The van der Waals surface area contributed by atoms with Crippen molar-refractivity contribution in [3.63, 3.8) is 0 Å². The lowest BCUT2D eigenvalue weighted by Gasteiger charge is -2.15. The topological polar surface area (TPSA) is 131 Å². The van der Waals surface area contributed by atoms with E-state index in [-0.39, 0.29) is 24.3 Å². The number of ether oxygens (including phenoxy) is 2. The number of carbonyl (C=O) groups excluding carboxylic acids is 3. The summed E-state index contributed by atoms with van der Waals surface area (Å²) in [5.41, 5.74) is 1.80. The molecule has 3 N–H and O–H groups in total. The first-order chi connectivity index (χ1) is 22.3. The smallest absolute Gasteiger partial charge is 0.343 e. The van der Waals surface area contributed by atoms with Crippen molar-refractivity contribution in [1.29, 1.82) is 0 Å². The number of anilines is 1. The number of hydrogen-bond donors (Lipinski definition) is 3. The molecule has 0 fully saturated rings. The Morgan fingerprint density at radius 1 is 0.804 bits per heavy atom. The third-order valence-corrected chi connectivity index (χ3v) is 8.01. The van der Waals surface area contributed by atoms with Gasteiger partial charge in [-0.25, -0.2) is 9.59 Å². The summed E-state index contributed by atoms with van der Waals surface area (Å²) in [4.78, 5) is 50.5. The van der Waals surface area contributed by atoms with Crippen molar-refractivity contribution < 1.29 is 33.8 Å². The van der Waals surface area contributed by atoms with E-state index in [0.717, 1.165) is 17.7 Å². The highest BCUT2D eigenvalue weighted by atomic mass is 32.1. The number of nitrogens with one attached hydrogen (secondary N) is 2. The van der Waals surface area contributed by atoms with Crippen LogP contribution in [0.3, 0.4) is 0 Å². The zero-order valence-corrected chi connectivity index (χ0v) is 26.5. The van der Waals surface area contributed by atoms with Crippen molar-refractivity contribution in [2.75, 3.05) is 11.9 Å². The Labute approximate surface area is 272 Å². The minimum atomic E-state index is -1.19. The van der Waals surface area contributed by atoms with E-state index in [2.05, 4.69) is 17.6 Å². The first kappa shape index (κ1) is 33.9. The molecule has 1 heterocycles. The maximum absolute atomic E-state index is 12.8. The van der Waals surface area contributed by atoms with Crippen LogP contribution < -0.4 is 20.1 Å². The number of carbonyl (C=O) groups is 4. The van der Waals surface area contributed by atoms with E-state index < -0.39 is 23.9 Å². The molecular formula is C36H38N2O7S. The van der Waals surface area contributed by atoms with E-state index in [1.54, 1.807) is 60.7 Å². The van der Waals surface area contributed by atoms with Crippen molar-refractivity contribution in [2.24, 2.45) is 0 Å². The molecule has 46 heavy (non-hydrogen) atoms. The van der Waals surface area contributed by atoms with Gasteiger partial charge in [0.1, 0.15) is 17.5 Å². The first-order valence-corrected chi connectivity index (χ1v) is 16.2. The SMILES string of the molecule is CCCCCCCOc1ccc(C(=O)Oc2ccc(C[C@H](NC(=O)c3ccc(NC(=O)Cc4cccs4)cc3)C(=O)O)cc2)cc1. The number of benzene rings is 3. The number of aliphatic carboxylic acids is 1. The van der Waals surface area contributed by atoms with Crippen LogP contribution in [0.5, 0.6) is 11.5 Å². The van der Waals surface area contributed by atoms with Crippen LogP contribution in [0.2, 0.25) is 0 Å². The number of hydrogen-bond acceptors (Lipinski definition) is 7. The van der Waals surface area contributed by atoms with Crippen LogP contribution in [-0.4, -0.2) is 41.5 Å². The molecule has 240 valence electrons. The van der Waals surface area contributed by atoms with Crippen molar-refractivity contribution in [3.8, 4) is 11.5 Å². The van der Waals surface area contributed by atoms with Gasteiger partial charge in [-0.05, 0) is 84.1 Å². The van der Waals surface area contributed by atoms with Crippen LogP contribution in [0.15, 0.2) is 90.3 Å². The average Bonchev–Trinajstić information content (AvgIpc) is 3.56. The molecule has 9 nitrogen and oxygen atoms in total. The van der Waals surface area contributed by atoms with Crippen LogP contribution in [0.25, 0.3) is 0 Å². The molecule has 4 aromatic rings. The second-order valence-corrected chi connectivity index (χ2v) is 11.8. The highest BCUT2D eigenvalue weighted by molar-refractivity contribution is 7.10. The molecule has 1 aromatic heterocycles. The number of rotatable bonds is 17. The van der Waals surface area contributed by atoms with Gasteiger partial charge in [0.25, 0.3) is 5.91 Å². The zero-order chi connectivity index (χ0) is 32.7. The highest BCUT2D eigenvalue weighted by Crippen LogP contribution is 2.19. The summed E-state index contributed by atoms with van der Waals surface area (Å²) in [6.07, 6.45) is 6.05. The average molecular weight is 643 g/mol. The molecule has 4 rings (SSSR count). The number of unbranched alkanes of at least 4 members (excludes halogenated alkanes) is 4. The Morgan fingerprint density at radius 2 is 1.48 bits per heavy atom. The van der Waals surface area contributed by atoms with Crippen LogP contribution in [-0.2, 0) is 22.4 Å². The van der Waals surface area contributed by atoms with Gasteiger partial charge in [0, 0.05) is 22.5 Å². The Bertz CT molecular complexity index is 1570. The molecule has 10 heteroatoms. The predicted octanol–water partition coefficient (Wildman–Crippen LogP) is 6.92. The first-order valence-electron chi connectivity index (χ1n) is 15.3. The molecule has 3 aromatic carbocycles. The monoisotopic (exact) mass is 642 g/mol. The van der Waals surface area contributed by atoms with Gasteiger partial charge < -0.3 is 25.2 Å². The number of esters is 1. The van der Waals surface area contributed by atoms with E-state index in [9.17, 15) is 24.3 Å². The molecule has 2 amide bonds. The number of amides is 2. The molecule has 0 aliphatic heterocycles. The van der Waals surface area contributed by atoms with E-state index >= 15 is 0 Å². The van der Waals surface area contributed by atoms with Crippen molar-refractivity contribution in [3.05, 3.63) is 112 Å². The summed E-state index contributed by atoms with van der Waals surface area (Å²) in [6, 6.07) is 22.0. The number of carboxylic acid groups (broad SMARTS) is 1. The lowest BCUT2D eigenvalue weighted by atomic mass is 10.0. The Hall–Kier alpha value is -4.96.